The summed E-state index contributed by atoms with van der Waals surface area (Å²) in [5.41, 5.74) is 5.60. The van der Waals surface area contributed by atoms with Crippen LogP contribution in [0, 0.1) is 5.92 Å². The van der Waals surface area contributed by atoms with Crippen molar-refractivity contribution in [3.8, 4) is 0 Å². The Balaban J connectivity index is 0. The zero-order valence-electron chi connectivity index (χ0n) is 5.93. The zero-order chi connectivity index (χ0) is 6.57. The topological polar surface area (TPSA) is 26.0 Å². The van der Waals surface area contributed by atoms with Crippen LogP contribution in [0.25, 0.3) is 0 Å². The number of nitrogens with two attached hydrogens (primary N) is 1. The summed E-state index contributed by atoms with van der Waals surface area (Å²) in [6, 6.07) is 0.182. The fourth-order valence-corrected chi connectivity index (χ4v) is 0.759. The second kappa shape index (κ2) is 6.66. The molecule has 0 aliphatic heterocycles. The Kier molecular flexibility index (Phi) is 9.05. The van der Waals surface area contributed by atoms with Crippen LogP contribution in [0.2, 0.25) is 0 Å². The van der Waals surface area contributed by atoms with Gasteiger partial charge < -0.3 is 5.73 Å². The maximum absolute atomic E-state index is 5.60. The van der Waals surface area contributed by atoms with Crippen molar-refractivity contribution in [3.05, 3.63) is 0 Å². The molecule has 0 aliphatic carbocycles. The van der Waals surface area contributed by atoms with Crippen molar-refractivity contribution in [2.45, 2.75) is 26.3 Å². The molecule has 3 heteroatoms. The monoisotopic (exact) mass is 171 g/mol. The molecule has 0 amide bonds. The number of rotatable bonds is 3. The van der Waals surface area contributed by atoms with E-state index in [2.05, 4.69) is 13.8 Å². The normalized spacial score (nSPS) is 16.0. The number of hydrogen-bond donors (Lipinski definition) is 1. The predicted octanol–water partition coefficient (Wildman–Crippen LogP) is 2.02. The highest BCUT2D eigenvalue weighted by atomic mass is 35.5. The van der Waals surface area contributed by atoms with E-state index in [-0.39, 0.29) is 18.4 Å². The molecule has 9 heavy (non-hydrogen) atoms. The Bertz CT molecular complexity index is 51.0. The van der Waals surface area contributed by atoms with E-state index in [9.17, 15) is 0 Å². The summed E-state index contributed by atoms with van der Waals surface area (Å²) in [7, 11) is 0. The van der Waals surface area contributed by atoms with Gasteiger partial charge in [0.15, 0.2) is 0 Å². The molecule has 2 N–H and O–H groups in total. The van der Waals surface area contributed by atoms with E-state index in [1.54, 1.807) is 0 Å². The average Bonchev–Trinajstić information content (AvgIpc) is 1.84. The van der Waals surface area contributed by atoms with Gasteiger partial charge in [-0.05, 0) is 5.92 Å². The molecule has 0 rings (SSSR count). The minimum Gasteiger partial charge on any atom is -0.326 e. The molecule has 0 fully saturated rings. The molecule has 2 atom stereocenters. The van der Waals surface area contributed by atoms with Gasteiger partial charge in [0.2, 0.25) is 0 Å². The standard InChI is InChI=1S/C6H14ClN.ClH/c1-3-5(2)6(8)4-7;/h5-6H,3-4,8H2,1-2H3;1H. The summed E-state index contributed by atoms with van der Waals surface area (Å²) in [5, 5.41) is 0. The lowest BCUT2D eigenvalue weighted by Crippen LogP contribution is -2.29. The Hall–Kier alpha value is 0.540. The second-order valence-electron chi connectivity index (χ2n) is 2.20. The van der Waals surface area contributed by atoms with Crippen molar-refractivity contribution >= 4 is 24.0 Å². The van der Waals surface area contributed by atoms with E-state index in [0.29, 0.717) is 11.8 Å². The first-order valence-electron chi connectivity index (χ1n) is 3.03. The third-order valence-electron chi connectivity index (χ3n) is 1.55. The van der Waals surface area contributed by atoms with E-state index in [1.165, 1.54) is 0 Å². The van der Waals surface area contributed by atoms with Crippen LogP contribution in [0.4, 0.5) is 0 Å². The van der Waals surface area contributed by atoms with Gasteiger partial charge in [-0.25, -0.2) is 0 Å². The van der Waals surface area contributed by atoms with Gasteiger partial charge in [0.05, 0.1) is 0 Å². The third kappa shape index (κ3) is 5.01. The molecule has 58 valence electrons. The zero-order valence-corrected chi connectivity index (χ0v) is 7.50. The van der Waals surface area contributed by atoms with Crippen molar-refractivity contribution < 1.29 is 0 Å². The van der Waals surface area contributed by atoms with Crippen LogP contribution in [0.15, 0.2) is 0 Å². The molecule has 0 spiro atoms. The molecule has 0 aromatic rings. The van der Waals surface area contributed by atoms with Crippen molar-refractivity contribution in [2.24, 2.45) is 11.7 Å². The van der Waals surface area contributed by atoms with E-state index >= 15 is 0 Å². The first kappa shape index (κ1) is 12.2. The number of alkyl halides is 1. The summed E-state index contributed by atoms with van der Waals surface area (Å²) in [5.74, 6) is 1.14. The first-order valence-corrected chi connectivity index (χ1v) is 3.57. The van der Waals surface area contributed by atoms with E-state index in [4.69, 9.17) is 17.3 Å². The van der Waals surface area contributed by atoms with Gasteiger partial charge in [0.25, 0.3) is 0 Å². The second-order valence-corrected chi connectivity index (χ2v) is 2.51. The van der Waals surface area contributed by atoms with Crippen LogP contribution < -0.4 is 5.73 Å². The highest BCUT2D eigenvalue weighted by Gasteiger charge is 2.07. The fraction of sp³-hybridized carbons (Fsp3) is 1.00. The molecule has 0 saturated heterocycles. The first-order chi connectivity index (χ1) is 3.72. The molecule has 0 bridgehead atoms. The molecule has 0 aliphatic rings. The Morgan fingerprint density at radius 3 is 2.11 bits per heavy atom. The number of halogens is 2. The summed E-state index contributed by atoms with van der Waals surface area (Å²) in [4.78, 5) is 0. The molecule has 0 saturated carbocycles. The minimum atomic E-state index is 0. The molecular weight excluding hydrogens is 157 g/mol. The Morgan fingerprint density at radius 2 is 2.00 bits per heavy atom. The Morgan fingerprint density at radius 1 is 1.56 bits per heavy atom. The van der Waals surface area contributed by atoms with Crippen LogP contribution in [-0.4, -0.2) is 11.9 Å². The average molecular weight is 172 g/mol. The quantitative estimate of drug-likeness (QED) is 0.647. The highest BCUT2D eigenvalue weighted by molar-refractivity contribution is 6.18. The lowest BCUT2D eigenvalue weighted by molar-refractivity contribution is 0.473. The van der Waals surface area contributed by atoms with Crippen molar-refractivity contribution in [1.82, 2.24) is 0 Å². The molecule has 0 aromatic heterocycles. The lowest BCUT2D eigenvalue weighted by Gasteiger charge is -2.13. The maximum Gasteiger partial charge on any atom is 0.0377 e. The van der Waals surface area contributed by atoms with E-state index < -0.39 is 0 Å². The summed E-state index contributed by atoms with van der Waals surface area (Å²) < 4.78 is 0. The van der Waals surface area contributed by atoms with E-state index in [0.717, 1.165) is 6.42 Å². The molecule has 0 heterocycles. The maximum atomic E-state index is 5.60. The fourth-order valence-electron chi connectivity index (χ4n) is 0.455. The Labute approximate surface area is 68.4 Å². The van der Waals surface area contributed by atoms with Crippen LogP contribution in [-0.2, 0) is 0 Å². The van der Waals surface area contributed by atoms with Gasteiger partial charge >= 0.3 is 0 Å². The smallest absolute Gasteiger partial charge is 0.0377 e. The lowest BCUT2D eigenvalue weighted by atomic mass is 10.0. The number of hydrogen-bond acceptors (Lipinski definition) is 1. The molecule has 0 aromatic carbocycles. The minimum absolute atomic E-state index is 0. The van der Waals surface area contributed by atoms with Crippen molar-refractivity contribution in [2.75, 3.05) is 5.88 Å². The van der Waals surface area contributed by atoms with Crippen LogP contribution in [0.3, 0.4) is 0 Å². The molecule has 1 nitrogen and oxygen atoms in total. The van der Waals surface area contributed by atoms with Crippen molar-refractivity contribution in [1.29, 1.82) is 0 Å². The van der Waals surface area contributed by atoms with Gasteiger partial charge in [-0.2, -0.15) is 0 Å². The van der Waals surface area contributed by atoms with Gasteiger partial charge in [-0.1, -0.05) is 20.3 Å². The SMILES string of the molecule is CCC(C)C(N)CCl.Cl. The van der Waals surface area contributed by atoms with Crippen molar-refractivity contribution in [3.63, 3.8) is 0 Å². The van der Waals surface area contributed by atoms with Gasteiger partial charge in [0.1, 0.15) is 0 Å². The van der Waals surface area contributed by atoms with Gasteiger partial charge in [-0.3, -0.25) is 0 Å². The summed E-state index contributed by atoms with van der Waals surface area (Å²) in [6.07, 6.45) is 1.12. The largest absolute Gasteiger partial charge is 0.326 e. The van der Waals surface area contributed by atoms with E-state index in [1.807, 2.05) is 0 Å². The summed E-state index contributed by atoms with van der Waals surface area (Å²) >= 11 is 5.50. The highest BCUT2D eigenvalue weighted by Crippen LogP contribution is 2.05. The van der Waals surface area contributed by atoms with Crippen LogP contribution in [0.1, 0.15) is 20.3 Å². The molecule has 2 unspecified atom stereocenters. The van der Waals surface area contributed by atoms with Gasteiger partial charge in [-0.15, -0.1) is 24.0 Å². The predicted molar refractivity (Wildman–Crippen MR) is 45.4 cm³/mol. The molecule has 0 radical (unpaired) electrons. The molecular formula is C6H15Cl2N. The van der Waals surface area contributed by atoms with Crippen LogP contribution >= 0.6 is 24.0 Å². The third-order valence-corrected chi connectivity index (χ3v) is 1.91. The van der Waals surface area contributed by atoms with Gasteiger partial charge in [0, 0.05) is 11.9 Å². The van der Waals surface area contributed by atoms with Crippen LogP contribution in [0.5, 0.6) is 0 Å². The summed E-state index contributed by atoms with van der Waals surface area (Å²) in [6.45, 7) is 4.24.